The summed E-state index contributed by atoms with van der Waals surface area (Å²) < 4.78 is 5.35. The minimum absolute atomic E-state index is 0.377. The van der Waals surface area contributed by atoms with Gasteiger partial charge < -0.3 is 10.1 Å². The van der Waals surface area contributed by atoms with Gasteiger partial charge in [0.1, 0.15) is 5.75 Å². The summed E-state index contributed by atoms with van der Waals surface area (Å²) in [4.78, 5) is 0. The van der Waals surface area contributed by atoms with Crippen molar-refractivity contribution < 1.29 is 4.74 Å². The van der Waals surface area contributed by atoms with Crippen molar-refractivity contribution in [2.45, 2.75) is 25.8 Å². The predicted octanol–water partition coefficient (Wildman–Crippen LogP) is 2.76. The number of nitrogens with one attached hydrogen (secondary N) is 1. The van der Waals surface area contributed by atoms with Crippen molar-refractivity contribution in [2.75, 3.05) is 13.7 Å². The maximum atomic E-state index is 5.35. The predicted molar refractivity (Wildman–Crippen MR) is 62.1 cm³/mol. The summed E-state index contributed by atoms with van der Waals surface area (Å²) in [6.45, 7) is 3.33. The Hall–Kier alpha value is -1.02. The van der Waals surface area contributed by atoms with Crippen LogP contribution in [0.25, 0.3) is 0 Å². The molecule has 2 heteroatoms. The van der Waals surface area contributed by atoms with Crippen LogP contribution in [0.5, 0.6) is 5.75 Å². The average molecular weight is 205 g/mol. The lowest BCUT2D eigenvalue weighted by atomic mass is 10.1. The molecule has 1 atom stereocenters. The second kappa shape index (κ2) is 4.67. The molecule has 1 aromatic carbocycles. The molecule has 0 unspecified atom stereocenters. The minimum atomic E-state index is 0.377. The van der Waals surface area contributed by atoms with E-state index in [0.29, 0.717) is 6.04 Å². The van der Waals surface area contributed by atoms with Crippen molar-refractivity contribution in [3.05, 3.63) is 29.8 Å². The summed E-state index contributed by atoms with van der Waals surface area (Å²) in [5.74, 6) is 1.90. The van der Waals surface area contributed by atoms with Crippen molar-refractivity contribution in [3.63, 3.8) is 0 Å². The Morgan fingerprint density at radius 1 is 1.40 bits per heavy atom. The van der Waals surface area contributed by atoms with E-state index in [-0.39, 0.29) is 0 Å². The Balaban J connectivity index is 1.98. The first-order valence-corrected chi connectivity index (χ1v) is 5.67. The zero-order valence-corrected chi connectivity index (χ0v) is 9.49. The summed E-state index contributed by atoms with van der Waals surface area (Å²) in [6.07, 6.45) is 2.79. The molecule has 0 aromatic heterocycles. The van der Waals surface area contributed by atoms with Gasteiger partial charge >= 0.3 is 0 Å². The molecule has 15 heavy (non-hydrogen) atoms. The number of para-hydroxylation sites is 1. The van der Waals surface area contributed by atoms with Crippen molar-refractivity contribution in [3.8, 4) is 5.75 Å². The molecule has 1 fully saturated rings. The summed E-state index contributed by atoms with van der Waals surface area (Å²) in [7, 11) is 1.73. The fourth-order valence-corrected chi connectivity index (χ4v) is 1.80. The van der Waals surface area contributed by atoms with Gasteiger partial charge in [-0.1, -0.05) is 18.2 Å². The zero-order chi connectivity index (χ0) is 10.7. The maximum Gasteiger partial charge on any atom is 0.123 e. The largest absolute Gasteiger partial charge is 0.496 e. The van der Waals surface area contributed by atoms with Crippen LogP contribution in [-0.2, 0) is 0 Å². The monoisotopic (exact) mass is 205 g/mol. The lowest BCUT2D eigenvalue weighted by molar-refractivity contribution is 0.401. The first kappa shape index (κ1) is 10.5. The van der Waals surface area contributed by atoms with E-state index in [4.69, 9.17) is 4.74 Å². The van der Waals surface area contributed by atoms with E-state index < -0.39 is 0 Å². The number of methoxy groups -OCH3 is 1. The van der Waals surface area contributed by atoms with Crippen molar-refractivity contribution >= 4 is 0 Å². The summed E-state index contributed by atoms with van der Waals surface area (Å²) in [5, 5.41) is 3.56. The molecule has 2 nitrogen and oxygen atoms in total. The van der Waals surface area contributed by atoms with Crippen LogP contribution in [0.1, 0.15) is 31.4 Å². The zero-order valence-electron chi connectivity index (χ0n) is 9.49. The highest BCUT2D eigenvalue weighted by Gasteiger charge is 2.22. The quantitative estimate of drug-likeness (QED) is 0.798. The molecular weight excluding hydrogens is 186 g/mol. The second-order valence-electron chi connectivity index (χ2n) is 4.32. The normalized spacial score (nSPS) is 17.5. The average Bonchev–Trinajstić information content (AvgIpc) is 3.09. The molecule has 0 radical (unpaired) electrons. The molecule has 0 heterocycles. The van der Waals surface area contributed by atoms with Crippen LogP contribution in [0.4, 0.5) is 0 Å². The lowest BCUT2D eigenvalue weighted by Crippen LogP contribution is -2.21. The van der Waals surface area contributed by atoms with Gasteiger partial charge in [-0.25, -0.2) is 0 Å². The molecule has 1 aromatic rings. The highest BCUT2D eigenvalue weighted by atomic mass is 16.5. The van der Waals surface area contributed by atoms with Gasteiger partial charge in [0, 0.05) is 11.6 Å². The summed E-state index contributed by atoms with van der Waals surface area (Å²) in [5.41, 5.74) is 1.25. The first-order chi connectivity index (χ1) is 7.31. The lowest BCUT2D eigenvalue weighted by Gasteiger charge is -2.16. The summed E-state index contributed by atoms with van der Waals surface area (Å²) in [6, 6.07) is 8.60. The minimum Gasteiger partial charge on any atom is -0.496 e. The van der Waals surface area contributed by atoms with Gasteiger partial charge in [-0.3, -0.25) is 0 Å². The summed E-state index contributed by atoms with van der Waals surface area (Å²) >= 11 is 0. The van der Waals surface area contributed by atoms with Crippen LogP contribution in [0.3, 0.4) is 0 Å². The van der Waals surface area contributed by atoms with Gasteiger partial charge in [-0.15, -0.1) is 0 Å². The van der Waals surface area contributed by atoms with E-state index in [1.54, 1.807) is 7.11 Å². The van der Waals surface area contributed by atoms with Gasteiger partial charge in [0.15, 0.2) is 0 Å². The Kier molecular flexibility index (Phi) is 3.27. The highest BCUT2D eigenvalue weighted by molar-refractivity contribution is 5.35. The number of hydrogen-bond donors (Lipinski definition) is 1. The van der Waals surface area contributed by atoms with E-state index >= 15 is 0 Å². The van der Waals surface area contributed by atoms with E-state index in [2.05, 4.69) is 24.4 Å². The number of rotatable bonds is 5. The molecule has 1 N–H and O–H groups in total. The smallest absolute Gasteiger partial charge is 0.123 e. The fraction of sp³-hybridized carbons (Fsp3) is 0.538. The number of benzene rings is 1. The van der Waals surface area contributed by atoms with Crippen LogP contribution in [0.15, 0.2) is 24.3 Å². The number of ether oxygens (including phenoxy) is 1. The molecular formula is C13H19NO. The molecule has 0 aliphatic heterocycles. The molecule has 1 aliphatic carbocycles. The molecule has 0 amide bonds. The van der Waals surface area contributed by atoms with Crippen molar-refractivity contribution in [2.24, 2.45) is 5.92 Å². The highest BCUT2D eigenvalue weighted by Crippen LogP contribution is 2.30. The van der Waals surface area contributed by atoms with Gasteiger partial charge in [-0.2, -0.15) is 0 Å². The van der Waals surface area contributed by atoms with Crippen LogP contribution in [-0.4, -0.2) is 13.7 Å². The van der Waals surface area contributed by atoms with Gasteiger partial charge in [0.25, 0.3) is 0 Å². The van der Waals surface area contributed by atoms with Crippen LogP contribution in [0, 0.1) is 5.92 Å². The first-order valence-electron chi connectivity index (χ1n) is 5.67. The molecule has 2 rings (SSSR count). The second-order valence-corrected chi connectivity index (χ2v) is 4.32. The van der Waals surface area contributed by atoms with Crippen molar-refractivity contribution in [1.29, 1.82) is 0 Å². The van der Waals surface area contributed by atoms with Crippen LogP contribution >= 0.6 is 0 Å². The Labute approximate surface area is 91.6 Å². The third-order valence-electron chi connectivity index (χ3n) is 3.02. The number of hydrogen-bond acceptors (Lipinski definition) is 2. The third kappa shape index (κ3) is 2.72. The maximum absolute atomic E-state index is 5.35. The van der Waals surface area contributed by atoms with E-state index in [1.807, 2.05) is 12.1 Å². The fourth-order valence-electron chi connectivity index (χ4n) is 1.80. The van der Waals surface area contributed by atoms with Crippen molar-refractivity contribution in [1.82, 2.24) is 5.32 Å². The Bertz CT molecular complexity index is 320. The topological polar surface area (TPSA) is 21.3 Å². The van der Waals surface area contributed by atoms with E-state index in [1.165, 1.54) is 18.4 Å². The molecule has 0 spiro atoms. The Morgan fingerprint density at radius 3 is 2.80 bits per heavy atom. The molecule has 82 valence electrons. The standard InChI is InChI=1S/C13H19NO/c1-10(14-9-11-7-8-11)12-5-3-4-6-13(12)15-2/h3-6,10-11,14H,7-9H2,1-2H3/t10-/m1/s1. The van der Waals surface area contributed by atoms with Gasteiger partial charge in [0.05, 0.1) is 7.11 Å². The van der Waals surface area contributed by atoms with E-state index in [9.17, 15) is 0 Å². The molecule has 1 saturated carbocycles. The van der Waals surface area contributed by atoms with Crippen LogP contribution < -0.4 is 10.1 Å². The molecule has 1 aliphatic rings. The molecule has 0 saturated heterocycles. The van der Waals surface area contributed by atoms with Gasteiger partial charge in [0.2, 0.25) is 0 Å². The van der Waals surface area contributed by atoms with Gasteiger partial charge in [-0.05, 0) is 38.3 Å². The van der Waals surface area contributed by atoms with Crippen LogP contribution in [0.2, 0.25) is 0 Å². The third-order valence-corrected chi connectivity index (χ3v) is 3.02. The SMILES string of the molecule is COc1ccccc1[C@@H](C)NCC1CC1. The van der Waals surface area contributed by atoms with E-state index in [0.717, 1.165) is 18.2 Å². The Morgan fingerprint density at radius 2 is 2.13 bits per heavy atom. The molecule has 0 bridgehead atoms.